The highest BCUT2D eigenvalue weighted by atomic mass is 16.6. The Balaban J connectivity index is 3.00. The minimum Gasteiger partial charge on any atom is -0.468 e. The van der Waals surface area contributed by atoms with Gasteiger partial charge < -0.3 is 9.47 Å². The van der Waals surface area contributed by atoms with E-state index in [-0.39, 0.29) is 12.0 Å². The van der Waals surface area contributed by atoms with Crippen molar-refractivity contribution in [3.63, 3.8) is 0 Å². The molecule has 0 fully saturated rings. The number of methoxy groups -OCH3 is 2. The molecular formula is C16H19NO6. The summed E-state index contributed by atoms with van der Waals surface area (Å²) in [5, 5.41) is 11.4. The summed E-state index contributed by atoms with van der Waals surface area (Å²) in [7, 11) is 2.22. The van der Waals surface area contributed by atoms with Gasteiger partial charge in [0.2, 0.25) is 6.04 Å². The fourth-order valence-electron chi connectivity index (χ4n) is 2.27. The lowest BCUT2D eigenvalue weighted by molar-refractivity contribution is -0.528. The van der Waals surface area contributed by atoms with Gasteiger partial charge in [-0.25, -0.2) is 4.79 Å². The number of nitro groups is 1. The Labute approximate surface area is 134 Å². The van der Waals surface area contributed by atoms with E-state index in [2.05, 4.69) is 16.1 Å². The summed E-state index contributed by atoms with van der Waals surface area (Å²) in [6, 6.07) is 7.82. The summed E-state index contributed by atoms with van der Waals surface area (Å²) in [4.78, 5) is 34.4. The number of rotatable bonds is 8. The van der Waals surface area contributed by atoms with Crippen LogP contribution in [0.5, 0.6) is 0 Å². The summed E-state index contributed by atoms with van der Waals surface area (Å²) in [5.41, 5.74) is 0.612. The van der Waals surface area contributed by atoms with E-state index in [1.165, 1.54) is 0 Å². The van der Waals surface area contributed by atoms with Crippen molar-refractivity contribution in [1.82, 2.24) is 0 Å². The summed E-state index contributed by atoms with van der Waals surface area (Å²) >= 11 is 0. The molecule has 1 aromatic rings. The molecule has 0 aliphatic carbocycles. The highest BCUT2D eigenvalue weighted by Crippen LogP contribution is 2.23. The SMILES string of the molecule is C=C(C(=O)OC)C(C(=O)OC)C(CCc1ccccc1)[N+](=O)[O-]. The highest BCUT2D eigenvalue weighted by molar-refractivity contribution is 5.95. The van der Waals surface area contributed by atoms with Crippen molar-refractivity contribution < 1.29 is 24.0 Å². The van der Waals surface area contributed by atoms with E-state index in [1.54, 1.807) is 0 Å². The number of carbonyl (C=O) groups is 2. The Morgan fingerprint density at radius 3 is 2.30 bits per heavy atom. The van der Waals surface area contributed by atoms with Crippen LogP contribution in [0.3, 0.4) is 0 Å². The molecule has 0 bridgehead atoms. The highest BCUT2D eigenvalue weighted by Gasteiger charge is 2.42. The molecule has 7 nitrogen and oxygen atoms in total. The van der Waals surface area contributed by atoms with Crippen molar-refractivity contribution in [3.05, 3.63) is 58.2 Å². The first-order valence-corrected chi connectivity index (χ1v) is 6.94. The van der Waals surface area contributed by atoms with Crippen LogP contribution in [0.15, 0.2) is 42.5 Å². The molecule has 1 aromatic carbocycles. The van der Waals surface area contributed by atoms with Crippen LogP contribution in [0, 0.1) is 16.0 Å². The Kier molecular flexibility index (Phi) is 6.92. The van der Waals surface area contributed by atoms with Crippen molar-refractivity contribution in [2.75, 3.05) is 14.2 Å². The second-order valence-corrected chi connectivity index (χ2v) is 4.89. The molecule has 124 valence electrons. The number of ether oxygens (including phenoxy) is 2. The van der Waals surface area contributed by atoms with Crippen LogP contribution < -0.4 is 0 Å². The Bertz CT molecular complexity index is 583. The quantitative estimate of drug-likeness (QED) is 0.313. The van der Waals surface area contributed by atoms with E-state index < -0.39 is 28.8 Å². The standard InChI is InChI=1S/C16H19NO6/c1-11(15(18)22-2)14(16(19)23-3)13(17(20)21)10-9-12-7-5-4-6-8-12/h4-8,13-14H,1,9-10H2,2-3H3. The molecule has 0 N–H and O–H groups in total. The second kappa shape index (κ2) is 8.67. The molecule has 0 aromatic heterocycles. The number of esters is 2. The first kappa shape index (κ1) is 18.3. The molecule has 2 unspecified atom stereocenters. The van der Waals surface area contributed by atoms with Crippen LogP contribution in [-0.2, 0) is 25.5 Å². The lowest BCUT2D eigenvalue weighted by Crippen LogP contribution is -2.39. The van der Waals surface area contributed by atoms with Gasteiger partial charge in [-0.1, -0.05) is 36.9 Å². The molecule has 0 spiro atoms. The van der Waals surface area contributed by atoms with Crippen molar-refractivity contribution >= 4 is 11.9 Å². The molecule has 0 saturated heterocycles. The van der Waals surface area contributed by atoms with Gasteiger partial charge in [0.05, 0.1) is 19.8 Å². The van der Waals surface area contributed by atoms with Crippen molar-refractivity contribution in [2.24, 2.45) is 5.92 Å². The number of carbonyl (C=O) groups excluding carboxylic acids is 2. The number of aryl methyl sites for hydroxylation is 1. The number of nitrogens with zero attached hydrogens (tertiary/aromatic N) is 1. The molecule has 0 amide bonds. The molecule has 1 rings (SSSR count). The van der Waals surface area contributed by atoms with E-state index in [4.69, 9.17) is 0 Å². The zero-order valence-electron chi connectivity index (χ0n) is 13.1. The van der Waals surface area contributed by atoms with Crippen molar-refractivity contribution in [2.45, 2.75) is 18.9 Å². The summed E-state index contributed by atoms with van der Waals surface area (Å²) < 4.78 is 9.11. The number of hydrogen-bond donors (Lipinski definition) is 0. The lowest BCUT2D eigenvalue weighted by atomic mass is 9.88. The van der Waals surface area contributed by atoms with Crippen LogP contribution in [-0.4, -0.2) is 37.1 Å². The predicted octanol–water partition coefficient (Wildman–Crippen LogP) is 1.78. The molecule has 0 saturated carbocycles. The van der Waals surface area contributed by atoms with Crippen LogP contribution in [0.25, 0.3) is 0 Å². The zero-order valence-corrected chi connectivity index (χ0v) is 13.1. The summed E-state index contributed by atoms with van der Waals surface area (Å²) in [6.07, 6.45) is 0.446. The Morgan fingerprint density at radius 1 is 1.22 bits per heavy atom. The zero-order chi connectivity index (χ0) is 17.4. The van der Waals surface area contributed by atoms with Gasteiger partial charge in [0.15, 0.2) is 5.92 Å². The molecule has 0 radical (unpaired) electrons. The van der Waals surface area contributed by atoms with Gasteiger partial charge in [0.25, 0.3) is 0 Å². The van der Waals surface area contributed by atoms with Gasteiger partial charge in [-0.05, 0) is 12.0 Å². The van der Waals surface area contributed by atoms with E-state index in [1.807, 2.05) is 30.3 Å². The van der Waals surface area contributed by atoms with Gasteiger partial charge in [-0.2, -0.15) is 0 Å². The van der Waals surface area contributed by atoms with Gasteiger partial charge in [0.1, 0.15) is 0 Å². The van der Waals surface area contributed by atoms with Crippen molar-refractivity contribution in [3.8, 4) is 0 Å². The fraction of sp³-hybridized carbons (Fsp3) is 0.375. The number of benzene rings is 1. The molecule has 0 aliphatic rings. The van der Waals surface area contributed by atoms with E-state index in [9.17, 15) is 19.7 Å². The molecular weight excluding hydrogens is 302 g/mol. The molecule has 23 heavy (non-hydrogen) atoms. The average molecular weight is 321 g/mol. The second-order valence-electron chi connectivity index (χ2n) is 4.89. The van der Waals surface area contributed by atoms with Crippen LogP contribution in [0.2, 0.25) is 0 Å². The molecule has 2 atom stereocenters. The molecule has 7 heteroatoms. The van der Waals surface area contributed by atoms with E-state index in [0.29, 0.717) is 6.42 Å². The van der Waals surface area contributed by atoms with Crippen LogP contribution in [0.1, 0.15) is 12.0 Å². The van der Waals surface area contributed by atoms with Crippen LogP contribution in [0.4, 0.5) is 0 Å². The lowest BCUT2D eigenvalue weighted by Gasteiger charge is -2.19. The topological polar surface area (TPSA) is 95.7 Å². The number of hydrogen-bond acceptors (Lipinski definition) is 6. The third-order valence-electron chi connectivity index (χ3n) is 3.51. The van der Waals surface area contributed by atoms with Gasteiger partial charge in [-0.15, -0.1) is 0 Å². The third kappa shape index (κ3) is 4.91. The first-order valence-electron chi connectivity index (χ1n) is 6.94. The first-order chi connectivity index (χ1) is 10.9. The van der Waals surface area contributed by atoms with E-state index in [0.717, 1.165) is 19.8 Å². The largest absolute Gasteiger partial charge is 0.468 e. The van der Waals surface area contributed by atoms with Gasteiger partial charge >= 0.3 is 11.9 Å². The minimum atomic E-state index is -1.38. The predicted molar refractivity (Wildman–Crippen MR) is 82.2 cm³/mol. The smallest absolute Gasteiger partial charge is 0.334 e. The maximum atomic E-state index is 11.9. The Morgan fingerprint density at radius 2 is 1.83 bits per heavy atom. The Hall–Kier alpha value is -2.70. The van der Waals surface area contributed by atoms with Crippen molar-refractivity contribution in [1.29, 1.82) is 0 Å². The van der Waals surface area contributed by atoms with Gasteiger partial charge in [-0.3, -0.25) is 14.9 Å². The minimum absolute atomic E-state index is 0.0623. The monoisotopic (exact) mass is 321 g/mol. The average Bonchev–Trinajstić information content (AvgIpc) is 2.57. The normalized spacial score (nSPS) is 12.8. The summed E-state index contributed by atoms with van der Waals surface area (Å²) in [6.45, 7) is 3.47. The summed E-state index contributed by atoms with van der Waals surface area (Å²) in [5.74, 6) is -3.13. The maximum Gasteiger partial charge on any atom is 0.334 e. The molecule has 0 aliphatic heterocycles. The molecule has 0 heterocycles. The van der Waals surface area contributed by atoms with E-state index >= 15 is 0 Å². The van der Waals surface area contributed by atoms with Gasteiger partial charge in [0, 0.05) is 11.3 Å². The fourth-order valence-corrected chi connectivity index (χ4v) is 2.27. The van der Waals surface area contributed by atoms with Crippen LogP contribution >= 0.6 is 0 Å². The maximum absolute atomic E-state index is 11.9. The third-order valence-corrected chi connectivity index (χ3v) is 3.51.